The second-order valence-electron chi connectivity index (χ2n) is 3.82. The summed E-state index contributed by atoms with van der Waals surface area (Å²) in [7, 11) is -3.58. The number of ether oxygens (including phenoxy) is 1. The lowest BCUT2D eigenvalue weighted by atomic mass is 10.3. The summed E-state index contributed by atoms with van der Waals surface area (Å²) in [6.07, 6.45) is 5.24. The standard InChI is InChI=1S/C13H15NO5S/c1-2-3-9-14-20(17,18)12-6-4-11(5-7-12)19-10-8-13(15)16/h1,4-7,14H,3,8-10H2,(H,15,16). The monoisotopic (exact) mass is 297 g/mol. The molecule has 6 nitrogen and oxygen atoms in total. The minimum Gasteiger partial charge on any atom is -0.493 e. The topological polar surface area (TPSA) is 92.7 Å². The van der Waals surface area contributed by atoms with Crippen molar-refractivity contribution in [1.29, 1.82) is 0 Å². The highest BCUT2D eigenvalue weighted by molar-refractivity contribution is 7.89. The van der Waals surface area contributed by atoms with Crippen molar-refractivity contribution in [3.63, 3.8) is 0 Å². The maximum absolute atomic E-state index is 11.8. The molecule has 0 radical (unpaired) electrons. The molecule has 1 rings (SSSR count). The number of hydrogen-bond acceptors (Lipinski definition) is 4. The van der Waals surface area contributed by atoms with E-state index in [0.29, 0.717) is 12.2 Å². The van der Waals surface area contributed by atoms with Crippen molar-refractivity contribution in [3.8, 4) is 18.1 Å². The van der Waals surface area contributed by atoms with Crippen LogP contribution in [0.3, 0.4) is 0 Å². The fourth-order valence-electron chi connectivity index (χ4n) is 1.31. The fourth-order valence-corrected chi connectivity index (χ4v) is 2.34. The lowest BCUT2D eigenvalue weighted by molar-refractivity contribution is -0.137. The number of hydrogen-bond donors (Lipinski definition) is 2. The van der Waals surface area contributed by atoms with E-state index in [2.05, 4.69) is 10.6 Å². The van der Waals surface area contributed by atoms with Crippen molar-refractivity contribution < 1.29 is 23.1 Å². The predicted molar refractivity (Wildman–Crippen MR) is 72.8 cm³/mol. The van der Waals surface area contributed by atoms with E-state index in [1.54, 1.807) is 0 Å². The van der Waals surface area contributed by atoms with Crippen molar-refractivity contribution in [2.45, 2.75) is 17.7 Å². The Bertz CT molecular complexity index is 586. The van der Waals surface area contributed by atoms with E-state index in [4.69, 9.17) is 16.3 Å². The Kier molecular flexibility index (Phi) is 6.03. The Hall–Kier alpha value is -2.04. The van der Waals surface area contributed by atoms with Gasteiger partial charge >= 0.3 is 5.97 Å². The van der Waals surface area contributed by atoms with Gasteiger partial charge in [0.1, 0.15) is 5.75 Å². The molecule has 0 heterocycles. The van der Waals surface area contributed by atoms with Gasteiger partial charge in [-0.1, -0.05) is 0 Å². The summed E-state index contributed by atoms with van der Waals surface area (Å²) < 4.78 is 31.2. The first-order chi connectivity index (χ1) is 9.45. The SMILES string of the molecule is C#CCCNS(=O)(=O)c1ccc(OCCC(=O)O)cc1. The van der Waals surface area contributed by atoms with Crippen LogP contribution in [0.2, 0.25) is 0 Å². The minimum atomic E-state index is -3.58. The van der Waals surface area contributed by atoms with Crippen molar-refractivity contribution in [1.82, 2.24) is 4.72 Å². The maximum Gasteiger partial charge on any atom is 0.306 e. The molecular formula is C13H15NO5S. The summed E-state index contributed by atoms with van der Waals surface area (Å²) >= 11 is 0. The molecule has 0 saturated carbocycles. The lowest BCUT2D eigenvalue weighted by Crippen LogP contribution is -2.24. The molecule has 0 aliphatic heterocycles. The molecule has 7 heteroatoms. The van der Waals surface area contributed by atoms with Crippen LogP contribution in [-0.2, 0) is 14.8 Å². The first-order valence-electron chi connectivity index (χ1n) is 5.83. The Morgan fingerprint density at radius 3 is 2.55 bits per heavy atom. The quantitative estimate of drug-likeness (QED) is 0.548. The highest BCUT2D eigenvalue weighted by Gasteiger charge is 2.12. The summed E-state index contributed by atoms with van der Waals surface area (Å²) in [5, 5.41) is 8.46. The Morgan fingerprint density at radius 1 is 1.35 bits per heavy atom. The van der Waals surface area contributed by atoms with Gasteiger partial charge in [-0.15, -0.1) is 12.3 Å². The smallest absolute Gasteiger partial charge is 0.306 e. The number of aliphatic carboxylic acids is 1. The van der Waals surface area contributed by atoms with Gasteiger partial charge in [-0.2, -0.15) is 0 Å². The normalized spacial score (nSPS) is 10.8. The van der Waals surface area contributed by atoms with Gasteiger partial charge < -0.3 is 9.84 Å². The third-order valence-electron chi connectivity index (χ3n) is 2.28. The lowest BCUT2D eigenvalue weighted by Gasteiger charge is -2.07. The van der Waals surface area contributed by atoms with Crippen LogP contribution in [0.4, 0.5) is 0 Å². The van der Waals surface area contributed by atoms with E-state index < -0.39 is 16.0 Å². The third kappa shape index (κ3) is 5.30. The molecule has 0 amide bonds. The van der Waals surface area contributed by atoms with Gasteiger partial charge in [-0.05, 0) is 24.3 Å². The third-order valence-corrected chi connectivity index (χ3v) is 3.76. The molecule has 0 aromatic heterocycles. The van der Waals surface area contributed by atoms with Crippen molar-refractivity contribution in [2.75, 3.05) is 13.2 Å². The van der Waals surface area contributed by atoms with Gasteiger partial charge in [0.25, 0.3) is 0 Å². The molecule has 1 aromatic carbocycles. The van der Waals surface area contributed by atoms with Gasteiger partial charge in [0.2, 0.25) is 10.0 Å². The molecule has 0 atom stereocenters. The minimum absolute atomic E-state index is 0.0296. The van der Waals surface area contributed by atoms with Crippen LogP contribution in [0.5, 0.6) is 5.75 Å². The average molecular weight is 297 g/mol. The molecule has 0 aliphatic carbocycles. The summed E-state index contributed by atoms with van der Waals surface area (Å²) in [5.74, 6) is 1.79. The average Bonchev–Trinajstić information content (AvgIpc) is 2.39. The van der Waals surface area contributed by atoms with Gasteiger partial charge in [0.15, 0.2) is 0 Å². The Morgan fingerprint density at radius 2 is 2.00 bits per heavy atom. The first-order valence-corrected chi connectivity index (χ1v) is 7.32. The predicted octanol–water partition coefficient (Wildman–Crippen LogP) is 0.842. The van der Waals surface area contributed by atoms with Crippen LogP contribution in [-0.4, -0.2) is 32.6 Å². The van der Waals surface area contributed by atoms with Gasteiger partial charge in [0, 0.05) is 13.0 Å². The van der Waals surface area contributed by atoms with E-state index in [1.807, 2.05) is 0 Å². The summed E-state index contributed by atoms with van der Waals surface area (Å²) in [6.45, 7) is 0.206. The molecule has 0 spiro atoms. The van der Waals surface area contributed by atoms with Crippen LogP contribution >= 0.6 is 0 Å². The summed E-state index contributed by atoms with van der Waals surface area (Å²) in [4.78, 5) is 10.4. The summed E-state index contributed by atoms with van der Waals surface area (Å²) in [6, 6.07) is 5.71. The largest absolute Gasteiger partial charge is 0.493 e. The fraction of sp³-hybridized carbons (Fsp3) is 0.308. The Labute approximate surface area is 117 Å². The number of sulfonamides is 1. The summed E-state index contributed by atoms with van der Waals surface area (Å²) in [5.41, 5.74) is 0. The molecule has 2 N–H and O–H groups in total. The van der Waals surface area contributed by atoms with Gasteiger partial charge in [-0.25, -0.2) is 13.1 Å². The van der Waals surface area contributed by atoms with Gasteiger partial charge in [-0.3, -0.25) is 4.79 Å². The van der Waals surface area contributed by atoms with Crippen molar-refractivity contribution in [2.24, 2.45) is 0 Å². The van der Waals surface area contributed by atoms with E-state index in [0.717, 1.165) is 0 Å². The van der Waals surface area contributed by atoms with Crippen molar-refractivity contribution >= 4 is 16.0 Å². The van der Waals surface area contributed by atoms with E-state index in [-0.39, 0.29) is 24.5 Å². The first kappa shape index (κ1) is 16.0. The number of carboxylic acid groups (broad SMARTS) is 1. The zero-order valence-corrected chi connectivity index (χ0v) is 11.5. The van der Waals surface area contributed by atoms with Crippen LogP contribution in [0.1, 0.15) is 12.8 Å². The van der Waals surface area contributed by atoms with Crippen LogP contribution in [0.15, 0.2) is 29.2 Å². The molecule has 0 fully saturated rings. The second kappa shape index (κ2) is 7.53. The van der Waals surface area contributed by atoms with Crippen LogP contribution < -0.4 is 9.46 Å². The molecule has 0 unspecified atom stereocenters. The molecule has 108 valence electrons. The number of terminal acetylenes is 1. The zero-order chi connectivity index (χ0) is 15.0. The number of carboxylic acids is 1. The molecule has 1 aromatic rings. The van der Waals surface area contributed by atoms with Crippen LogP contribution in [0, 0.1) is 12.3 Å². The maximum atomic E-state index is 11.8. The zero-order valence-electron chi connectivity index (χ0n) is 10.7. The molecule has 20 heavy (non-hydrogen) atoms. The molecule has 0 saturated heterocycles. The van der Waals surface area contributed by atoms with E-state index in [9.17, 15) is 13.2 Å². The van der Waals surface area contributed by atoms with Crippen molar-refractivity contribution in [3.05, 3.63) is 24.3 Å². The number of benzene rings is 1. The highest BCUT2D eigenvalue weighted by Crippen LogP contribution is 2.16. The van der Waals surface area contributed by atoms with Crippen LogP contribution in [0.25, 0.3) is 0 Å². The molecular weight excluding hydrogens is 282 g/mol. The highest BCUT2D eigenvalue weighted by atomic mass is 32.2. The molecule has 0 aliphatic rings. The number of nitrogens with one attached hydrogen (secondary N) is 1. The van der Waals surface area contributed by atoms with E-state index >= 15 is 0 Å². The second-order valence-corrected chi connectivity index (χ2v) is 5.58. The van der Waals surface area contributed by atoms with E-state index in [1.165, 1.54) is 24.3 Å². The number of rotatable bonds is 8. The number of carbonyl (C=O) groups is 1. The van der Waals surface area contributed by atoms with Gasteiger partial charge in [0.05, 0.1) is 17.9 Å². The molecule has 0 bridgehead atoms. The Balaban J connectivity index is 2.61.